The Morgan fingerprint density at radius 1 is 1.24 bits per heavy atom. The molecule has 9 heteroatoms. The van der Waals surface area contributed by atoms with Crippen LogP contribution >= 0.6 is 11.3 Å². The average Bonchev–Trinajstić information content (AvgIpc) is 3.34. The minimum Gasteiger partial charge on any atom is -0.457 e. The third kappa shape index (κ3) is 4.29. The molecule has 1 fully saturated rings. The molecule has 1 saturated heterocycles. The van der Waals surface area contributed by atoms with Crippen LogP contribution in [0.15, 0.2) is 36.5 Å². The third-order valence-electron chi connectivity index (χ3n) is 4.75. The number of thiazole rings is 1. The Morgan fingerprint density at radius 2 is 2.07 bits per heavy atom. The first kappa shape index (κ1) is 19.1. The maximum atomic E-state index is 11.7. The van der Waals surface area contributed by atoms with E-state index in [1.54, 1.807) is 43.6 Å². The second-order valence-electron chi connectivity index (χ2n) is 6.80. The smallest absolute Gasteiger partial charge is 0.269 e. The summed E-state index contributed by atoms with van der Waals surface area (Å²) in [6, 6.07) is 9.20. The van der Waals surface area contributed by atoms with Crippen molar-refractivity contribution in [3.05, 3.63) is 42.2 Å². The van der Waals surface area contributed by atoms with Crippen LogP contribution in [0, 0.1) is 0 Å². The number of likely N-dealkylation sites (tertiary alicyclic amines) is 1. The fraction of sp³-hybridized carbons (Fsp3) is 0.300. The molecule has 1 aliphatic rings. The molecule has 2 aromatic heterocycles. The number of amides is 2. The number of anilines is 1. The monoisotopic (exact) mass is 411 g/mol. The topological polar surface area (TPSA) is 96.5 Å². The Hall–Kier alpha value is -3.20. The van der Waals surface area contributed by atoms with Gasteiger partial charge in [0.1, 0.15) is 17.2 Å². The van der Waals surface area contributed by atoms with Gasteiger partial charge < -0.3 is 20.3 Å². The predicted molar refractivity (Wildman–Crippen MR) is 112 cm³/mol. The number of carbonyl (C=O) groups excluding carboxylic acids is 2. The lowest BCUT2D eigenvalue weighted by Crippen LogP contribution is -2.29. The van der Waals surface area contributed by atoms with Crippen molar-refractivity contribution in [3.8, 4) is 11.5 Å². The Labute approximate surface area is 171 Å². The number of nitrogens with one attached hydrogen (secondary N) is 2. The van der Waals surface area contributed by atoms with E-state index in [2.05, 4.69) is 20.6 Å². The molecule has 4 rings (SSSR count). The molecular weight excluding hydrogens is 390 g/mol. The third-order valence-corrected chi connectivity index (χ3v) is 5.70. The van der Waals surface area contributed by atoms with Crippen molar-refractivity contribution in [2.24, 2.45) is 0 Å². The number of aromatic nitrogens is 2. The van der Waals surface area contributed by atoms with Gasteiger partial charge in [-0.1, -0.05) is 11.3 Å². The molecular formula is C20H21N5O3S. The first-order valence-corrected chi connectivity index (χ1v) is 10.1. The van der Waals surface area contributed by atoms with E-state index in [1.807, 2.05) is 23.1 Å². The molecule has 2 amide bonds. The summed E-state index contributed by atoms with van der Waals surface area (Å²) in [6.45, 7) is 3.08. The van der Waals surface area contributed by atoms with Gasteiger partial charge >= 0.3 is 0 Å². The van der Waals surface area contributed by atoms with Crippen molar-refractivity contribution < 1.29 is 14.3 Å². The zero-order valence-corrected chi connectivity index (χ0v) is 17.0. The maximum Gasteiger partial charge on any atom is 0.269 e. The van der Waals surface area contributed by atoms with Crippen LogP contribution in [0.3, 0.4) is 0 Å². The van der Waals surface area contributed by atoms with E-state index in [1.165, 1.54) is 0 Å². The number of pyridine rings is 1. The minimum atomic E-state index is -0.265. The Morgan fingerprint density at radius 3 is 2.83 bits per heavy atom. The minimum absolute atomic E-state index is 0.107. The summed E-state index contributed by atoms with van der Waals surface area (Å²) >= 11 is 1.55. The second-order valence-corrected chi connectivity index (χ2v) is 7.83. The van der Waals surface area contributed by atoms with Crippen LogP contribution in [-0.4, -0.2) is 52.9 Å². The molecule has 1 aromatic carbocycles. The van der Waals surface area contributed by atoms with Crippen molar-refractivity contribution in [2.75, 3.05) is 25.5 Å². The first-order valence-electron chi connectivity index (χ1n) is 9.30. The highest BCUT2D eigenvalue weighted by atomic mass is 32.1. The molecule has 1 aliphatic heterocycles. The van der Waals surface area contributed by atoms with Crippen LogP contribution in [0.5, 0.6) is 11.5 Å². The highest BCUT2D eigenvalue weighted by molar-refractivity contribution is 7.22. The zero-order chi connectivity index (χ0) is 20.4. The van der Waals surface area contributed by atoms with Gasteiger partial charge in [0.2, 0.25) is 5.91 Å². The number of benzene rings is 1. The van der Waals surface area contributed by atoms with Gasteiger partial charge in [0.25, 0.3) is 5.91 Å². The van der Waals surface area contributed by atoms with E-state index >= 15 is 0 Å². The van der Waals surface area contributed by atoms with Crippen LogP contribution < -0.4 is 15.4 Å². The van der Waals surface area contributed by atoms with Crippen molar-refractivity contribution >= 4 is 38.5 Å². The van der Waals surface area contributed by atoms with E-state index in [-0.39, 0.29) is 17.9 Å². The number of ether oxygens (including phenoxy) is 1. The Balaban J connectivity index is 1.47. The molecule has 0 radical (unpaired) electrons. The van der Waals surface area contributed by atoms with Gasteiger partial charge in [0.05, 0.1) is 10.2 Å². The number of hydrogen-bond donors (Lipinski definition) is 2. The van der Waals surface area contributed by atoms with E-state index < -0.39 is 0 Å². The van der Waals surface area contributed by atoms with E-state index in [9.17, 15) is 9.59 Å². The van der Waals surface area contributed by atoms with Gasteiger partial charge in [-0.05, 0) is 24.6 Å². The fourth-order valence-electron chi connectivity index (χ4n) is 3.23. The quantitative estimate of drug-likeness (QED) is 0.670. The Bertz CT molecular complexity index is 1070. The molecule has 29 heavy (non-hydrogen) atoms. The van der Waals surface area contributed by atoms with Gasteiger partial charge in [-0.2, -0.15) is 0 Å². The summed E-state index contributed by atoms with van der Waals surface area (Å²) in [5.41, 5.74) is 1.18. The summed E-state index contributed by atoms with van der Waals surface area (Å²) in [7, 11) is 1.56. The summed E-state index contributed by atoms with van der Waals surface area (Å²) in [5.74, 6) is 1.04. The molecule has 0 unspecified atom stereocenters. The molecule has 0 saturated carbocycles. The van der Waals surface area contributed by atoms with Crippen LogP contribution in [0.25, 0.3) is 10.2 Å². The normalized spacial score (nSPS) is 16.1. The molecule has 8 nitrogen and oxygen atoms in total. The molecule has 150 valence electrons. The maximum absolute atomic E-state index is 11.7. The SMILES string of the molecule is CNC(=O)c1cc(Oc2ccc3nc(N[C@@H]4CCN(C(C)=O)C4)sc3c2)ccn1. The zero-order valence-electron chi connectivity index (χ0n) is 16.1. The second kappa shape index (κ2) is 8.04. The van der Waals surface area contributed by atoms with Crippen LogP contribution in [0.4, 0.5) is 5.13 Å². The van der Waals surface area contributed by atoms with Crippen LogP contribution in [-0.2, 0) is 4.79 Å². The van der Waals surface area contributed by atoms with Crippen LogP contribution in [0.2, 0.25) is 0 Å². The molecule has 1 atom stereocenters. The number of fused-ring (bicyclic) bond motifs is 1. The summed E-state index contributed by atoms with van der Waals surface area (Å²) in [5, 5.41) is 6.81. The Kier molecular flexibility index (Phi) is 5.30. The van der Waals surface area contributed by atoms with E-state index in [0.717, 1.165) is 28.3 Å². The number of nitrogens with zero attached hydrogens (tertiary/aromatic N) is 3. The lowest BCUT2D eigenvalue weighted by atomic mass is 10.3. The molecule has 0 aliphatic carbocycles. The van der Waals surface area contributed by atoms with Gasteiger partial charge in [0, 0.05) is 51.4 Å². The molecule has 3 heterocycles. The highest BCUT2D eigenvalue weighted by Gasteiger charge is 2.24. The van der Waals surface area contributed by atoms with Crippen molar-refractivity contribution in [3.63, 3.8) is 0 Å². The summed E-state index contributed by atoms with van der Waals surface area (Å²) in [4.78, 5) is 33.7. The van der Waals surface area contributed by atoms with Crippen molar-refractivity contribution in [1.82, 2.24) is 20.2 Å². The fourth-order valence-corrected chi connectivity index (χ4v) is 4.20. The summed E-state index contributed by atoms with van der Waals surface area (Å²) in [6.07, 6.45) is 2.46. The lowest BCUT2D eigenvalue weighted by molar-refractivity contribution is -0.127. The van der Waals surface area contributed by atoms with Gasteiger partial charge in [-0.25, -0.2) is 4.98 Å². The largest absolute Gasteiger partial charge is 0.457 e. The summed E-state index contributed by atoms with van der Waals surface area (Å²) < 4.78 is 6.89. The highest BCUT2D eigenvalue weighted by Crippen LogP contribution is 2.32. The molecule has 2 N–H and O–H groups in total. The number of carbonyl (C=O) groups is 2. The van der Waals surface area contributed by atoms with E-state index in [0.29, 0.717) is 23.7 Å². The van der Waals surface area contributed by atoms with E-state index in [4.69, 9.17) is 4.74 Å². The van der Waals surface area contributed by atoms with Gasteiger partial charge in [0.15, 0.2) is 5.13 Å². The molecule has 0 spiro atoms. The molecule has 3 aromatic rings. The first-order chi connectivity index (χ1) is 14.0. The van der Waals surface area contributed by atoms with Crippen LogP contribution in [0.1, 0.15) is 23.8 Å². The van der Waals surface area contributed by atoms with Gasteiger partial charge in [-0.15, -0.1) is 0 Å². The number of hydrogen-bond acceptors (Lipinski definition) is 7. The standard InChI is InChI=1S/C20H21N5O3S/c1-12(26)25-8-6-13(11-25)23-20-24-16-4-3-14(10-18(16)29-20)28-15-5-7-22-17(9-15)19(27)21-2/h3-5,7,9-10,13H,6,8,11H2,1-2H3,(H,21,27)(H,23,24)/t13-/m1/s1. The van der Waals surface area contributed by atoms with Crippen molar-refractivity contribution in [2.45, 2.75) is 19.4 Å². The lowest BCUT2D eigenvalue weighted by Gasteiger charge is -2.14. The average molecular weight is 411 g/mol. The molecule has 0 bridgehead atoms. The predicted octanol–water partition coefficient (Wildman–Crippen LogP) is 2.88. The van der Waals surface area contributed by atoms with Crippen molar-refractivity contribution in [1.29, 1.82) is 0 Å². The van der Waals surface area contributed by atoms with Gasteiger partial charge in [-0.3, -0.25) is 14.6 Å². The number of rotatable bonds is 5.